The lowest BCUT2D eigenvalue weighted by Gasteiger charge is -2.27. The highest BCUT2D eigenvalue weighted by Gasteiger charge is 2.32. The standard InChI is InChI=1S/C46H41N5O5S2/c1-2-56-46(55)40-37-23-25-51(29-31-14-6-3-7-15-31)30-39(37)58-45(40)50-44(54)41(33-17-8-4-9-18-33)57-36-22-12-21-35(27-36)48-43(53)38(26-32-16-13-24-47-28-32)49-42(52)34-19-10-5-11-20-34/h3-22,24,26-28,41H,2,23,25,29-30H2,1H3,(H,48,53)(H,49,52)(H,50,54)/b38-26-. The number of pyridine rings is 1. The second-order valence-corrected chi connectivity index (χ2v) is 15.7. The molecule has 1 aliphatic heterocycles. The average molecular weight is 808 g/mol. The average Bonchev–Trinajstić information content (AvgIpc) is 3.61. The van der Waals surface area contributed by atoms with Crippen LogP contribution in [-0.4, -0.2) is 46.7 Å². The van der Waals surface area contributed by atoms with Gasteiger partial charge in [0.05, 0.1) is 12.2 Å². The first-order chi connectivity index (χ1) is 28.3. The zero-order valence-electron chi connectivity index (χ0n) is 31.7. The van der Waals surface area contributed by atoms with E-state index in [0.717, 1.165) is 29.1 Å². The van der Waals surface area contributed by atoms with Crippen LogP contribution in [0, 0.1) is 0 Å². The molecule has 3 amide bonds. The first-order valence-corrected chi connectivity index (χ1v) is 20.5. The van der Waals surface area contributed by atoms with Crippen LogP contribution in [0.4, 0.5) is 10.7 Å². The Morgan fingerprint density at radius 3 is 2.34 bits per heavy atom. The van der Waals surface area contributed by atoms with Gasteiger partial charge < -0.3 is 20.7 Å². The zero-order valence-corrected chi connectivity index (χ0v) is 33.4. The van der Waals surface area contributed by atoms with Crippen molar-refractivity contribution in [3.8, 4) is 0 Å². The van der Waals surface area contributed by atoms with Crippen LogP contribution in [0.25, 0.3) is 6.08 Å². The van der Waals surface area contributed by atoms with Gasteiger partial charge in [-0.25, -0.2) is 4.79 Å². The van der Waals surface area contributed by atoms with E-state index < -0.39 is 23.0 Å². The summed E-state index contributed by atoms with van der Waals surface area (Å²) in [6, 6.07) is 39.0. The zero-order chi connectivity index (χ0) is 40.3. The first-order valence-electron chi connectivity index (χ1n) is 18.8. The Hall–Kier alpha value is -6.34. The highest BCUT2D eigenvalue weighted by atomic mass is 32.2. The van der Waals surface area contributed by atoms with Crippen molar-refractivity contribution in [2.24, 2.45) is 0 Å². The maximum atomic E-state index is 14.4. The summed E-state index contributed by atoms with van der Waals surface area (Å²) in [6.45, 7) is 4.20. The molecule has 0 radical (unpaired) electrons. The molecule has 1 unspecified atom stereocenters. The number of thioether (sulfide) groups is 1. The van der Waals surface area contributed by atoms with Crippen LogP contribution in [0.2, 0.25) is 0 Å². The topological polar surface area (TPSA) is 130 Å². The second-order valence-electron chi connectivity index (χ2n) is 13.4. The molecule has 0 bridgehead atoms. The fourth-order valence-corrected chi connectivity index (χ4v) is 8.94. The van der Waals surface area contributed by atoms with Crippen molar-refractivity contribution in [3.05, 3.63) is 184 Å². The molecule has 6 aromatic rings. The van der Waals surface area contributed by atoms with E-state index in [1.807, 2.05) is 60.7 Å². The number of nitrogens with zero attached hydrogens (tertiary/aromatic N) is 2. The van der Waals surface area contributed by atoms with Gasteiger partial charge in [-0.1, -0.05) is 91.0 Å². The van der Waals surface area contributed by atoms with Gasteiger partial charge in [-0.15, -0.1) is 23.1 Å². The number of carbonyl (C=O) groups is 4. The Bertz CT molecular complexity index is 2410. The SMILES string of the molecule is CCOC(=O)c1c(NC(=O)C(Sc2cccc(NC(=O)/C(=C/c3cccnc3)NC(=O)c3ccccc3)c2)c2ccccc2)sc2c1CCN(Cc1ccccc1)C2. The molecule has 0 aliphatic carbocycles. The second kappa shape index (κ2) is 19.2. The molecule has 58 heavy (non-hydrogen) atoms. The van der Waals surface area contributed by atoms with E-state index in [0.29, 0.717) is 45.2 Å². The molecule has 4 aromatic carbocycles. The van der Waals surface area contributed by atoms with Crippen molar-refractivity contribution < 1.29 is 23.9 Å². The molecular weight excluding hydrogens is 767 g/mol. The van der Waals surface area contributed by atoms with Crippen LogP contribution < -0.4 is 16.0 Å². The minimum atomic E-state index is -0.720. The van der Waals surface area contributed by atoms with E-state index in [9.17, 15) is 19.2 Å². The number of rotatable bonds is 14. The van der Waals surface area contributed by atoms with E-state index in [1.165, 1.54) is 28.7 Å². The lowest BCUT2D eigenvalue weighted by atomic mass is 10.0. The number of anilines is 2. The van der Waals surface area contributed by atoms with Gasteiger partial charge in [0, 0.05) is 53.1 Å². The van der Waals surface area contributed by atoms with Gasteiger partial charge >= 0.3 is 5.97 Å². The van der Waals surface area contributed by atoms with Gasteiger partial charge in [0.2, 0.25) is 5.91 Å². The number of benzene rings is 4. The van der Waals surface area contributed by atoms with E-state index >= 15 is 0 Å². The number of ether oxygens (including phenoxy) is 1. The Morgan fingerprint density at radius 1 is 0.879 bits per heavy atom. The predicted octanol–water partition coefficient (Wildman–Crippen LogP) is 8.76. The highest BCUT2D eigenvalue weighted by molar-refractivity contribution is 8.00. The molecule has 0 fully saturated rings. The summed E-state index contributed by atoms with van der Waals surface area (Å²) >= 11 is 2.74. The van der Waals surface area contributed by atoms with Crippen molar-refractivity contribution in [2.75, 3.05) is 23.8 Å². The van der Waals surface area contributed by atoms with Crippen LogP contribution in [0.1, 0.15) is 60.0 Å². The summed E-state index contributed by atoms with van der Waals surface area (Å²) in [6.07, 6.45) is 5.44. The fraction of sp³-hybridized carbons (Fsp3) is 0.152. The van der Waals surface area contributed by atoms with E-state index in [1.54, 1.807) is 80.0 Å². The number of amides is 3. The minimum Gasteiger partial charge on any atom is -0.462 e. The van der Waals surface area contributed by atoms with Crippen molar-refractivity contribution in [3.63, 3.8) is 0 Å². The molecule has 0 saturated heterocycles. The monoisotopic (exact) mass is 807 g/mol. The van der Waals surface area contributed by atoms with Gasteiger partial charge in [0.15, 0.2) is 0 Å². The summed E-state index contributed by atoms with van der Waals surface area (Å²) in [5.74, 6) is -1.73. The van der Waals surface area contributed by atoms with Crippen molar-refractivity contribution >= 4 is 63.6 Å². The molecule has 0 saturated carbocycles. The van der Waals surface area contributed by atoms with E-state index in [-0.39, 0.29) is 18.2 Å². The molecule has 292 valence electrons. The first kappa shape index (κ1) is 39.9. The molecule has 7 rings (SSSR count). The maximum Gasteiger partial charge on any atom is 0.341 e. The maximum absolute atomic E-state index is 14.4. The molecule has 1 atom stereocenters. The number of hydrogen-bond acceptors (Lipinski definition) is 9. The molecule has 12 heteroatoms. The Labute approximate surface area is 345 Å². The number of nitrogens with one attached hydrogen (secondary N) is 3. The molecule has 10 nitrogen and oxygen atoms in total. The van der Waals surface area contributed by atoms with Crippen LogP contribution in [0.5, 0.6) is 0 Å². The number of thiophene rings is 1. The smallest absolute Gasteiger partial charge is 0.341 e. The lowest BCUT2D eigenvalue weighted by Crippen LogP contribution is -2.30. The number of esters is 1. The Morgan fingerprint density at radius 2 is 1.62 bits per heavy atom. The molecule has 1 aliphatic rings. The van der Waals surface area contributed by atoms with Gasteiger partial charge in [-0.2, -0.15) is 0 Å². The van der Waals surface area contributed by atoms with Crippen molar-refractivity contribution in [2.45, 2.75) is 36.6 Å². The van der Waals surface area contributed by atoms with Crippen molar-refractivity contribution in [1.29, 1.82) is 0 Å². The quantitative estimate of drug-likeness (QED) is 0.0566. The van der Waals surface area contributed by atoms with Gasteiger partial charge in [-0.05, 0) is 78.1 Å². The summed E-state index contributed by atoms with van der Waals surface area (Å²) in [4.78, 5) is 62.9. The van der Waals surface area contributed by atoms with Gasteiger partial charge in [-0.3, -0.25) is 24.3 Å². The highest BCUT2D eigenvalue weighted by Crippen LogP contribution is 2.41. The lowest BCUT2D eigenvalue weighted by molar-refractivity contribution is -0.116. The Balaban J connectivity index is 1.12. The van der Waals surface area contributed by atoms with Gasteiger partial charge in [0.25, 0.3) is 11.8 Å². The number of fused-ring (bicyclic) bond motifs is 1. The third-order valence-corrected chi connectivity index (χ3v) is 11.7. The van der Waals surface area contributed by atoms with Crippen LogP contribution >= 0.6 is 23.1 Å². The van der Waals surface area contributed by atoms with Gasteiger partial charge in [0.1, 0.15) is 15.9 Å². The number of carbonyl (C=O) groups excluding carboxylic acids is 4. The molecule has 2 aromatic heterocycles. The predicted molar refractivity (Wildman–Crippen MR) is 229 cm³/mol. The summed E-state index contributed by atoms with van der Waals surface area (Å²) in [7, 11) is 0. The normalized spacial score (nSPS) is 13.2. The van der Waals surface area contributed by atoms with Crippen molar-refractivity contribution in [1.82, 2.24) is 15.2 Å². The largest absolute Gasteiger partial charge is 0.462 e. The molecule has 3 N–H and O–H groups in total. The van der Waals surface area contributed by atoms with E-state index in [4.69, 9.17) is 4.74 Å². The van der Waals surface area contributed by atoms with Crippen LogP contribution in [0.3, 0.4) is 0 Å². The number of hydrogen-bond donors (Lipinski definition) is 3. The fourth-order valence-electron chi connectivity index (χ4n) is 6.57. The minimum absolute atomic E-state index is 0.0284. The van der Waals surface area contributed by atoms with E-state index in [2.05, 4.69) is 38.0 Å². The number of aromatic nitrogens is 1. The molecule has 0 spiro atoms. The Kier molecular flexibility index (Phi) is 13.2. The third kappa shape index (κ3) is 10.1. The molecular formula is C46H41N5O5S2. The summed E-state index contributed by atoms with van der Waals surface area (Å²) in [5, 5.41) is 8.54. The molecule has 3 heterocycles. The van der Waals surface area contributed by atoms with Crippen LogP contribution in [0.15, 0.2) is 150 Å². The summed E-state index contributed by atoms with van der Waals surface area (Å²) in [5.41, 5.74) is 4.84. The summed E-state index contributed by atoms with van der Waals surface area (Å²) < 4.78 is 5.51. The third-order valence-electron chi connectivity index (χ3n) is 9.31. The van der Waals surface area contributed by atoms with Crippen LogP contribution in [-0.2, 0) is 33.8 Å².